The summed E-state index contributed by atoms with van der Waals surface area (Å²) in [5.74, 6) is 0. The van der Waals surface area contributed by atoms with Gasteiger partial charge in [0.2, 0.25) is 0 Å². The van der Waals surface area contributed by atoms with Gasteiger partial charge in [0.05, 0.1) is 18.6 Å². The molecule has 0 aliphatic carbocycles. The predicted octanol–water partition coefficient (Wildman–Crippen LogP) is 1.98. The molecule has 0 aromatic carbocycles. The molecule has 0 radical (unpaired) electrons. The Hall–Kier alpha value is -1.20. The fourth-order valence-corrected chi connectivity index (χ4v) is 2.09. The first-order chi connectivity index (χ1) is 8.13. The second-order valence-corrected chi connectivity index (χ2v) is 5.15. The molecule has 90 valence electrons. The third-order valence-corrected chi connectivity index (χ3v) is 2.78. The van der Waals surface area contributed by atoms with E-state index < -0.39 is 0 Å². The zero-order valence-corrected chi connectivity index (χ0v) is 11.3. The average molecular weight is 295 g/mol. The molecule has 0 saturated heterocycles. The lowest BCUT2D eigenvalue weighted by atomic mass is 10.2. The summed E-state index contributed by atoms with van der Waals surface area (Å²) in [7, 11) is 0. The molecule has 2 aromatic rings. The van der Waals surface area contributed by atoms with Crippen LogP contribution in [0.15, 0.2) is 35.5 Å². The SMILES string of the molecule is CC(N)Cc1cn(Cc2cncc(Br)c2)cn1. The Balaban J connectivity index is 2.06. The Morgan fingerprint density at radius 2 is 2.29 bits per heavy atom. The molecule has 2 heterocycles. The maximum absolute atomic E-state index is 5.74. The molecular weight excluding hydrogens is 280 g/mol. The largest absolute Gasteiger partial charge is 0.333 e. The van der Waals surface area contributed by atoms with Crippen LogP contribution in [-0.4, -0.2) is 20.6 Å². The molecule has 0 bridgehead atoms. The monoisotopic (exact) mass is 294 g/mol. The van der Waals surface area contributed by atoms with E-state index in [4.69, 9.17) is 5.73 Å². The minimum absolute atomic E-state index is 0.144. The third kappa shape index (κ3) is 3.64. The zero-order valence-electron chi connectivity index (χ0n) is 9.68. The lowest BCUT2D eigenvalue weighted by Gasteiger charge is -2.02. The van der Waals surface area contributed by atoms with Gasteiger partial charge in [-0.15, -0.1) is 0 Å². The number of nitrogens with two attached hydrogens (primary N) is 1. The van der Waals surface area contributed by atoms with Crippen molar-refractivity contribution >= 4 is 15.9 Å². The summed E-state index contributed by atoms with van der Waals surface area (Å²) in [6.45, 7) is 2.76. The summed E-state index contributed by atoms with van der Waals surface area (Å²) in [4.78, 5) is 8.46. The molecule has 0 fully saturated rings. The van der Waals surface area contributed by atoms with Gasteiger partial charge in [0.25, 0.3) is 0 Å². The highest BCUT2D eigenvalue weighted by Gasteiger charge is 2.03. The number of imidazole rings is 1. The number of halogens is 1. The molecule has 2 rings (SSSR count). The Labute approximate surface area is 109 Å². The first-order valence-corrected chi connectivity index (χ1v) is 6.28. The normalized spacial score (nSPS) is 12.6. The van der Waals surface area contributed by atoms with Crippen molar-refractivity contribution in [3.63, 3.8) is 0 Å². The van der Waals surface area contributed by atoms with Gasteiger partial charge in [-0.2, -0.15) is 0 Å². The van der Waals surface area contributed by atoms with Gasteiger partial charge >= 0.3 is 0 Å². The minimum Gasteiger partial charge on any atom is -0.333 e. The van der Waals surface area contributed by atoms with Crippen molar-refractivity contribution in [3.05, 3.63) is 46.7 Å². The molecule has 0 aliphatic rings. The van der Waals surface area contributed by atoms with Crippen LogP contribution in [0.3, 0.4) is 0 Å². The number of pyridine rings is 1. The van der Waals surface area contributed by atoms with Gasteiger partial charge in [-0.3, -0.25) is 4.98 Å². The number of hydrogen-bond donors (Lipinski definition) is 1. The minimum atomic E-state index is 0.144. The molecule has 17 heavy (non-hydrogen) atoms. The molecule has 2 N–H and O–H groups in total. The van der Waals surface area contributed by atoms with Crippen LogP contribution in [0.1, 0.15) is 18.2 Å². The third-order valence-electron chi connectivity index (χ3n) is 2.34. The molecule has 4 nitrogen and oxygen atoms in total. The average Bonchev–Trinajstić information content (AvgIpc) is 2.64. The van der Waals surface area contributed by atoms with Crippen LogP contribution < -0.4 is 5.73 Å². The predicted molar refractivity (Wildman–Crippen MR) is 70.6 cm³/mol. The first-order valence-electron chi connectivity index (χ1n) is 5.49. The molecule has 0 spiro atoms. The maximum atomic E-state index is 5.74. The van der Waals surface area contributed by atoms with E-state index in [1.165, 1.54) is 0 Å². The van der Waals surface area contributed by atoms with E-state index in [2.05, 4.69) is 32.0 Å². The van der Waals surface area contributed by atoms with Gasteiger partial charge in [0.1, 0.15) is 0 Å². The second kappa shape index (κ2) is 5.42. The van der Waals surface area contributed by atoms with Gasteiger partial charge in [0.15, 0.2) is 0 Å². The summed E-state index contributed by atoms with van der Waals surface area (Å²) >= 11 is 3.41. The Morgan fingerprint density at radius 3 is 3.00 bits per heavy atom. The highest BCUT2D eigenvalue weighted by molar-refractivity contribution is 9.10. The van der Waals surface area contributed by atoms with Gasteiger partial charge in [-0.25, -0.2) is 4.98 Å². The number of nitrogens with zero attached hydrogens (tertiary/aromatic N) is 3. The van der Waals surface area contributed by atoms with Crippen molar-refractivity contribution in [2.75, 3.05) is 0 Å². The van der Waals surface area contributed by atoms with E-state index in [1.54, 1.807) is 6.20 Å². The van der Waals surface area contributed by atoms with Crippen molar-refractivity contribution in [2.45, 2.75) is 25.9 Å². The van der Waals surface area contributed by atoms with E-state index >= 15 is 0 Å². The summed E-state index contributed by atoms with van der Waals surface area (Å²) in [6.07, 6.45) is 8.31. The summed E-state index contributed by atoms with van der Waals surface area (Å²) in [6, 6.07) is 2.20. The first kappa shape index (κ1) is 12.3. The van der Waals surface area contributed by atoms with E-state index in [0.29, 0.717) is 0 Å². The van der Waals surface area contributed by atoms with Crippen LogP contribution in [0.2, 0.25) is 0 Å². The molecule has 0 saturated carbocycles. The molecule has 1 unspecified atom stereocenters. The highest BCUT2D eigenvalue weighted by atomic mass is 79.9. The molecule has 0 amide bonds. The van der Waals surface area contributed by atoms with Gasteiger partial charge in [0, 0.05) is 35.5 Å². The van der Waals surface area contributed by atoms with Gasteiger partial charge in [-0.05, 0) is 34.5 Å². The zero-order chi connectivity index (χ0) is 12.3. The Bertz CT molecular complexity index is 493. The molecule has 0 aliphatic heterocycles. The summed E-state index contributed by atoms with van der Waals surface area (Å²) < 4.78 is 3.03. The standard InChI is InChI=1S/C12H15BrN4/c1-9(14)2-12-7-17(8-16-12)6-10-3-11(13)5-15-4-10/h3-5,7-9H,2,6,14H2,1H3. The van der Waals surface area contributed by atoms with Crippen molar-refractivity contribution in [3.8, 4) is 0 Å². The topological polar surface area (TPSA) is 56.7 Å². The van der Waals surface area contributed by atoms with Crippen molar-refractivity contribution in [1.29, 1.82) is 0 Å². The van der Waals surface area contributed by atoms with Crippen molar-refractivity contribution in [1.82, 2.24) is 14.5 Å². The fourth-order valence-electron chi connectivity index (χ4n) is 1.68. The molecule has 5 heteroatoms. The number of aromatic nitrogens is 3. The highest BCUT2D eigenvalue weighted by Crippen LogP contribution is 2.11. The quantitative estimate of drug-likeness (QED) is 0.938. The van der Waals surface area contributed by atoms with Crippen LogP contribution in [0.5, 0.6) is 0 Å². The number of rotatable bonds is 4. The van der Waals surface area contributed by atoms with Crippen LogP contribution >= 0.6 is 15.9 Å². The number of hydrogen-bond acceptors (Lipinski definition) is 3. The van der Waals surface area contributed by atoms with E-state index in [-0.39, 0.29) is 6.04 Å². The molecular formula is C12H15BrN4. The fraction of sp³-hybridized carbons (Fsp3) is 0.333. The lowest BCUT2D eigenvalue weighted by Crippen LogP contribution is -2.17. The van der Waals surface area contributed by atoms with E-state index in [0.717, 1.165) is 28.7 Å². The van der Waals surface area contributed by atoms with Gasteiger partial charge in [-0.1, -0.05) is 0 Å². The van der Waals surface area contributed by atoms with Crippen LogP contribution in [-0.2, 0) is 13.0 Å². The smallest absolute Gasteiger partial charge is 0.0952 e. The summed E-state index contributed by atoms with van der Waals surface area (Å²) in [5.41, 5.74) is 7.91. The van der Waals surface area contributed by atoms with Crippen LogP contribution in [0, 0.1) is 0 Å². The Morgan fingerprint density at radius 1 is 1.47 bits per heavy atom. The lowest BCUT2D eigenvalue weighted by molar-refractivity contribution is 0.723. The molecule has 2 aromatic heterocycles. The van der Waals surface area contributed by atoms with Crippen molar-refractivity contribution in [2.24, 2.45) is 5.73 Å². The van der Waals surface area contributed by atoms with Gasteiger partial charge < -0.3 is 10.3 Å². The summed E-state index contributed by atoms with van der Waals surface area (Å²) in [5, 5.41) is 0. The Kier molecular flexibility index (Phi) is 3.91. The second-order valence-electron chi connectivity index (χ2n) is 4.23. The van der Waals surface area contributed by atoms with E-state index in [1.807, 2.05) is 30.2 Å². The van der Waals surface area contributed by atoms with Crippen LogP contribution in [0.4, 0.5) is 0 Å². The maximum Gasteiger partial charge on any atom is 0.0952 e. The molecule has 1 atom stereocenters. The van der Waals surface area contributed by atoms with E-state index in [9.17, 15) is 0 Å². The van der Waals surface area contributed by atoms with Crippen molar-refractivity contribution < 1.29 is 0 Å². The van der Waals surface area contributed by atoms with Crippen LogP contribution in [0.25, 0.3) is 0 Å².